The summed E-state index contributed by atoms with van der Waals surface area (Å²) in [7, 11) is 0. The fourth-order valence-electron chi connectivity index (χ4n) is 2.58. The van der Waals surface area contributed by atoms with E-state index >= 15 is 0 Å². The van der Waals surface area contributed by atoms with Crippen LogP contribution in [0.3, 0.4) is 0 Å². The Hall–Kier alpha value is -3.75. The molecule has 0 aliphatic heterocycles. The largest absolute Gasteiger partial charge is 0.364 e. The van der Waals surface area contributed by atoms with Crippen molar-refractivity contribution in [3.05, 3.63) is 58.9 Å². The van der Waals surface area contributed by atoms with Crippen LogP contribution in [0.15, 0.2) is 47.5 Å². The number of nitrogens with one attached hydrogen (secondary N) is 2. The van der Waals surface area contributed by atoms with Gasteiger partial charge in [0.05, 0.1) is 22.9 Å². The van der Waals surface area contributed by atoms with Gasteiger partial charge in [0.25, 0.3) is 5.91 Å². The molecule has 4 aromatic rings. The Labute approximate surface area is 134 Å². The topological polar surface area (TPSA) is 135 Å². The van der Waals surface area contributed by atoms with Crippen LogP contribution in [0.4, 0.5) is 0 Å². The van der Waals surface area contributed by atoms with Crippen molar-refractivity contribution >= 4 is 16.9 Å². The lowest BCUT2D eigenvalue weighted by atomic mass is 10.2. The average molecular weight is 321 g/mol. The van der Waals surface area contributed by atoms with Gasteiger partial charge in [0.15, 0.2) is 5.82 Å². The molecule has 0 saturated carbocycles. The fraction of sp³-hybridized carbons (Fsp3) is 0. The van der Waals surface area contributed by atoms with Crippen molar-refractivity contribution < 1.29 is 4.79 Å². The number of carbonyl (C=O) groups excluding carboxylic acids is 1. The van der Waals surface area contributed by atoms with E-state index in [0.717, 1.165) is 5.52 Å². The first kappa shape index (κ1) is 13.9. The summed E-state index contributed by atoms with van der Waals surface area (Å²) in [5.41, 5.74) is 7.14. The van der Waals surface area contributed by atoms with Crippen molar-refractivity contribution in [2.75, 3.05) is 0 Å². The van der Waals surface area contributed by atoms with E-state index in [9.17, 15) is 9.59 Å². The Morgan fingerprint density at radius 2 is 2.04 bits per heavy atom. The molecule has 4 rings (SSSR count). The lowest BCUT2D eigenvalue weighted by Crippen LogP contribution is -2.23. The number of benzene rings is 1. The number of aromatic nitrogens is 6. The number of nitrogens with two attached hydrogens (primary N) is 1. The summed E-state index contributed by atoms with van der Waals surface area (Å²) in [6, 6.07) is 9.14. The molecule has 118 valence electrons. The van der Waals surface area contributed by atoms with Crippen LogP contribution in [-0.4, -0.2) is 35.6 Å². The van der Waals surface area contributed by atoms with Crippen LogP contribution in [-0.2, 0) is 0 Å². The van der Waals surface area contributed by atoms with Crippen molar-refractivity contribution in [1.29, 1.82) is 0 Å². The van der Waals surface area contributed by atoms with E-state index in [4.69, 9.17) is 5.73 Å². The lowest BCUT2D eigenvalue weighted by molar-refractivity contribution is 0.0995. The highest BCUT2D eigenvalue weighted by Gasteiger charge is 2.20. The first-order valence-electron chi connectivity index (χ1n) is 7.02. The molecule has 0 aliphatic rings. The molecule has 0 aliphatic carbocycles. The molecule has 0 spiro atoms. The SMILES string of the molecule is NC(=O)c1[nH]c(=O)ncc1-n1c(-c2ccn[nH]2)nc2ccccc21. The first-order chi connectivity index (χ1) is 11.6. The molecule has 0 saturated heterocycles. The number of imidazole rings is 1. The smallest absolute Gasteiger partial charge is 0.345 e. The second-order valence-electron chi connectivity index (χ2n) is 5.04. The fourth-order valence-corrected chi connectivity index (χ4v) is 2.58. The van der Waals surface area contributed by atoms with E-state index in [1.807, 2.05) is 24.3 Å². The molecule has 24 heavy (non-hydrogen) atoms. The summed E-state index contributed by atoms with van der Waals surface area (Å²) in [6.45, 7) is 0. The van der Waals surface area contributed by atoms with Gasteiger partial charge in [-0.3, -0.25) is 19.4 Å². The van der Waals surface area contributed by atoms with Crippen molar-refractivity contribution in [2.45, 2.75) is 0 Å². The number of primary amides is 1. The Morgan fingerprint density at radius 3 is 2.79 bits per heavy atom. The van der Waals surface area contributed by atoms with Gasteiger partial charge < -0.3 is 5.73 Å². The molecule has 4 N–H and O–H groups in total. The molecule has 3 heterocycles. The monoisotopic (exact) mass is 321 g/mol. The van der Waals surface area contributed by atoms with Crippen LogP contribution < -0.4 is 11.4 Å². The van der Waals surface area contributed by atoms with Gasteiger partial charge in [0.2, 0.25) is 0 Å². The Bertz CT molecular complexity index is 1110. The number of nitrogens with zero attached hydrogens (tertiary/aromatic N) is 4. The summed E-state index contributed by atoms with van der Waals surface area (Å²) < 4.78 is 1.70. The van der Waals surface area contributed by atoms with E-state index in [1.165, 1.54) is 6.20 Å². The Balaban J connectivity index is 2.12. The highest BCUT2D eigenvalue weighted by Crippen LogP contribution is 2.27. The van der Waals surface area contributed by atoms with Gasteiger partial charge in [-0.25, -0.2) is 9.78 Å². The third-order valence-electron chi connectivity index (χ3n) is 3.58. The van der Waals surface area contributed by atoms with Gasteiger partial charge >= 0.3 is 5.69 Å². The van der Waals surface area contributed by atoms with Crippen LogP contribution in [0, 0.1) is 0 Å². The maximum absolute atomic E-state index is 11.8. The molecule has 0 atom stereocenters. The number of aromatic amines is 2. The van der Waals surface area contributed by atoms with E-state index in [-0.39, 0.29) is 5.69 Å². The van der Waals surface area contributed by atoms with Crippen molar-refractivity contribution in [1.82, 2.24) is 29.7 Å². The molecule has 0 fully saturated rings. The second-order valence-corrected chi connectivity index (χ2v) is 5.04. The predicted molar refractivity (Wildman–Crippen MR) is 85.6 cm³/mol. The lowest BCUT2D eigenvalue weighted by Gasteiger charge is -2.10. The number of rotatable bonds is 3. The summed E-state index contributed by atoms with van der Waals surface area (Å²) in [6.07, 6.45) is 2.89. The van der Waals surface area contributed by atoms with Gasteiger partial charge in [-0.15, -0.1) is 0 Å². The van der Waals surface area contributed by atoms with E-state index in [1.54, 1.807) is 16.8 Å². The zero-order valence-corrected chi connectivity index (χ0v) is 12.2. The minimum absolute atomic E-state index is 0.0427. The highest BCUT2D eigenvalue weighted by atomic mass is 16.2. The molecule has 1 amide bonds. The highest BCUT2D eigenvalue weighted by molar-refractivity contribution is 5.95. The Kier molecular flexibility index (Phi) is 2.98. The quantitative estimate of drug-likeness (QED) is 0.507. The number of H-pyrrole nitrogens is 2. The molecule has 9 heteroatoms. The Morgan fingerprint density at radius 1 is 1.21 bits per heavy atom. The van der Waals surface area contributed by atoms with Crippen molar-refractivity contribution in [2.24, 2.45) is 5.73 Å². The molecule has 1 aromatic carbocycles. The van der Waals surface area contributed by atoms with Crippen LogP contribution >= 0.6 is 0 Å². The predicted octanol–water partition coefficient (Wildman–Crippen LogP) is 0.598. The third-order valence-corrected chi connectivity index (χ3v) is 3.58. The van der Waals surface area contributed by atoms with E-state index < -0.39 is 11.6 Å². The number of amides is 1. The van der Waals surface area contributed by atoms with Gasteiger partial charge in [-0.1, -0.05) is 12.1 Å². The minimum Gasteiger partial charge on any atom is -0.364 e. The summed E-state index contributed by atoms with van der Waals surface area (Å²) in [5, 5.41) is 6.77. The molecule has 9 nitrogen and oxygen atoms in total. The third kappa shape index (κ3) is 2.07. The summed E-state index contributed by atoms with van der Waals surface area (Å²) in [4.78, 5) is 33.9. The summed E-state index contributed by atoms with van der Waals surface area (Å²) >= 11 is 0. The van der Waals surface area contributed by atoms with E-state index in [0.29, 0.717) is 22.7 Å². The molecule has 0 radical (unpaired) electrons. The average Bonchev–Trinajstić information content (AvgIpc) is 3.22. The second kappa shape index (κ2) is 5.16. The molecular formula is C15H11N7O2. The normalized spacial score (nSPS) is 11.0. The number of carbonyl (C=O) groups is 1. The number of hydrogen-bond acceptors (Lipinski definition) is 5. The zero-order chi connectivity index (χ0) is 16.7. The van der Waals surface area contributed by atoms with Gasteiger partial charge in [0, 0.05) is 6.20 Å². The minimum atomic E-state index is -0.766. The number of fused-ring (bicyclic) bond motifs is 1. The van der Waals surface area contributed by atoms with Crippen LogP contribution in [0.2, 0.25) is 0 Å². The molecular weight excluding hydrogens is 310 g/mol. The number of para-hydroxylation sites is 2. The van der Waals surface area contributed by atoms with E-state index in [2.05, 4.69) is 25.1 Å². The van der Waals surface area contributed by atoms with Crippen molar-refractivity contribution in [3.8, 4) is 17.2 Å². The summed E-state index contributed by atoms with van der Waals surface area (Å²) in [5.74, 6) is -0.247. The number of hydrogen-bond donors (Lipinski definition) is 3. The standard InChI is InChI=1S/C15H11N7O2/c16-13(23)12-11(7-17-15(24)20-12)22-10-4-2-1-3-8(10)19-14(22)9-5-6-18-21-9/h1-7H,(H2,16,23)(H,18,21)(H,17,20,24). The van der Waals surface area contributed by atoms with Gasteiger partial charge in [-0.05, 0) is 18.2 Å². The van der Waals surface area contributed by atoms with Crippen molar-refractivity contribution in [3.63, 3.8) is 0 Å². The van der Waals surface area contributed by atoms with Gasteiger partial charge in [-0.2, -0.15) is 10.1 Å². The van der Waals surface area contributed by atoms with Gasteiger partial charge in [0.1, 0.15) is 11.4 Å². The maximum atomic E-state index is 11.8. The van der Waals surface area contributed by atoms with Crippen LogP contribution in [0.25, 0.3) is 28.2 Å². The van der Waals surface area contributed by atoms with Crippen LogP contribution in [0.5, 0.6) is 0 Å². The first-order valence-corrected chi connectivity index (χ1v) is 7.02. The molecule has 0 bridgehead atoms. The maximum Gasteiger partial charge on any atom is 0.345 e. The molecule has 0 unspecified atom stereocenters. The molecule has 3 aromatic heterocycles. The zero-order valence-electron chi connectivity index (χ0n) is 12.2. The van der Waals surface area contributed by atoms with Crippen LogP contribution in [0.1, 0.15) is 10.5 Å².